The summed E-state index contributed by atoms with van der Waals surface area (Å²) in [5.41, 5.74) is -1.18. The third-order valence-electron chi connectivity index (χ3n) is 4.28. The molecule has 3 N–H and O–H groups in total. The van der Waals surface area contributed by atoms with Crippen LogP contribution in [0, 0.1) is 0 Å². The Bertz CT molecular complexity index is 305. The van der Waals surface area contributed by atoms with E-state index in [0.717, 1.165) is 45.3 Å². The largest absolute Gasteiger partial charge is 0.379 e. The molecule has 2 rings (SSSR count). The predicted octanol–water partition coefficient (Wildman–Crippen LogP) is 0.0915. The summed E-state index contributed by atoms with van der Waals surface area (Å²) in [6.45, 7) is 6.26. The Morgan fingerprint density at radius 3 is 2.89 bits per heavy atom. The van der Waals surface area contributed by atoms with Crippen molar-refractivity contribution >= 4 is 5.91 Å². The van der Waals surface area contributed by atoms with Gasteiger partial charge >= 0.3 is 0 Å². The molecule has 5 nitrogen and oxygen atoms in total. The topological polar surface area (TPSA) is 64.6 Å². The molecule has 0 spiro atoms. The maximum absolute atomic E-state index is 12.1. The van der Waals surface area contributed by atoms with Crippen LogP contribution in [-0.2, 0) is 4.79 Å². The Labute approximate surface area is 115 Å². The van der Waals surface area contributed by atoms with Crippen LogP contribution in [0.3, 0.4) is 0 Å². The van der Waals surface area contributed by atoms with Gasteiger partial charge in [0.15, 0.2) is 5.60 Å². The number of nitrogens with one attached hydrogen (secondary N) is 2. The van der Waals surface area contributed by atoms with Gasteiger partial charge in [0.25, 0.3) is 5.91 Å². The zero-order chi connectivity index (χ0) is 13.7. The van der Waals surface area contributed by atoms with Crippen molar-refractivity contribution in [2.45, 2.75) is 50.7 Å². The van der Waals surface area contributed by atoms with Crippen molar-refractivity contribution in [1.82, 2.24) is 15.5 Å². The highest BCUT2D eigenvalue weighted by Gasteiger charge is 2.41. The van der Waals surface area contributed by atoms with Gasteiger partial charge in [0.05, 0.1) is 0 Å². The molecule has 110 valence electrons. The van der Waals surface area contributed by atoms with Crippen LogP contribution in [0.1, 0.15) is 39.0 Å². The van der Waals surface area contributed by atoms with E-state index < -0.39 is 5.60 Å². The number of rotatable bonds is 4. The van der Waals surface area contributed by atoms with E-state index >= 15 is 0 Å². The van der Waals surface area contributed by atoms with E-state index in [2.05, 4.69) is 15.5 Å². The van der Waals surface area contributed by atoms with Crippen molar-refractivity contribution in [2.75, 3.05) is 32.7 Å². The molecule has 0 aromatic rings. The molecule has 2 heterocycles. The lowest BCUT2D eigenvalue weighted by Gasteiger charge is -2.43. The molecule has 0 bridgehead atoms. The van der Waals surface area contributed by atoms with Gasteiger partial charge in [-0.25, -0.2) is 0 Å². The van der Waals surface area contributed by atoms with Crippen LogP contribution in [0.5, 0.6) is 0 Å². The first-order valence-corrected chi connectivity index (χ1v) is 7.61. The third-order valence-corrected chi connectivity index (χ3v) is 4.28. The Kier molecular flexibility index (Phi) is 5.19. The van der Waals surface area contributed by atoms with E-state index in [4.69, 9.17) is 0 Å². The number of piperidine rings is 2. The zero-order valence-electron chi connectivity index (χ0n) is 12.0. The average molecular weight is 269 g/mol. The second-order valence-electron chi connectivity index (χ2n) is 5.84. The average Bonchev–Trinajstić information content (AvgIpc) is 2.45. The summed E-state index contributed by atoms with van der Waals surface area (Å²) >= 11 is 0. The van der Waals surface area contributed by atoms with Gasteiger partial charge in [-0.05, 0) is 51.7 Å². The van der Waals surface area contributed by atoms with Crippen molar-refractivity contribution < 1.29 is 9.90 Å². The second-order valence-corrected chi connectivity index (χ2v) is 5.84. The molecule has 0 aromatic carbocycles. The summed E-state index contributed by atoms with van der Waals surface area (Å²) in [6, 6.07) is 0.520. The minimum Gasteiger partial charge on any atom is -0.379 e. The molecule has 0 aromatic heterocycles. The molecule has 2 fully saturated rings. The SMILES string of the molecule is CCCNC(=O)C1(O)CCCN(C2CCNCC2)C1. The maximum atomic E-state index is 12.1. The van der Waals surface area contributed by atoms with E-state index in [9.17, 15) is 9.90 Å². The van der Waals surface area contributed by atoms with Gasteiger partial charge < -0.3 is 15.7 Å². The molecule has 1 unspecified atom stereocenters. The molecule has 2 saturated heterocycles. The van der Waals surface area contributed by atoms with Crippen molar-refractivity contribution in [3.05, 3.63) is 0 Å². The number of nitrogens with zero attached hydrogens (tertiary/aromatic N) is 1. The number of β-amino-alcohol motifs (C(OH)–C–C–N with tert-alkyl or cyclic N) is 1. The van der Waals surface area contributed by atoms with Crippen molar-refractivity contribution in [3.8, 4) is 0 Å². The normalized spacial score (nSPS) is 30.2. The lowest BCUT2D eigenvalue weighted by atomic mass is 9.89. The predicted molar refractivity (Wildman–Crippen MR) is 74.9 cm³/mol. The van der Waals surface area contributed by atoms with Gasteiger partial charge in [-0.3, -0.25) is 9.69 Å². The van der Waals surface area contributed by atoms with Crippen molar-refractivity contribution in [2.24, 2.45) is 0 Å². The highest BCUT2D eigenvalue weighted by Crippen LogP contribution is 2.25. The molecule has 2 aliphatic rings. The lowest BCUT2D eigenvalue weighted by Crippen LogP contribution is -2.60. The van der Waals surface area contributed by atoms with Crippen molar-refractivity contribution in [1.29, 1.82) is 0 Å². The number of carbonyl (C=O) groups is 1. The zero-order valence-corrected chi connectivity index (χ0v) is 12.0. The van der Waals surface area contributed by atoms with Crippen LogP contribution in [0.4, 0.5) is 0 Å². The minimum absolute atomic E-state index is 0.187. The summed E-state index contributed by atoms with van der Waals surface area (Å²) in [7, 11) is 0. The first kappa shape index (κ1) is 14.8. The summed E-state index contributed by atoms with van der Waals surface area (Å²) in [5, 5.41) is 16.8. The quantitative estimate of drug-likeness (QED) is 0.677. The third kappa shape index (κ3) is 3.68. The van der Waals surface area contributed by atoms with Crippen LogP contribution < -0.4 is 10.6 Å². The first-order chi connectivity index (χ1) is 9.15. The van der Waals surface area contributed by atoms with E-state index in [1.807, 2.05) is 6.92 Å². The van der Waals surface area contributed by atoms with E-state index in [-0.39, 0.29) is 5.91 Å². The fraction of sp³-hybridized carbons (Fsp3) is 0.929. The van der Waals surface area contributed by atoms with E-state index in [1.165, 1.54) is 0 Å². The molecular weight excluding hydrogens is 242 g/mol. The molecule has 1 atom stereocenters. The van der Waals surface area contributed by atoms with Crippen LogP contribution in [0.25, 0.3) is 0 Å². The van der Waals surface area contributed by atoms with Gasteiger partial charge in [0.2, 0.25) is 0 Å². The van der Waals surface area contributed by atoms with Crippen LogP contribution in [0.2, 0.25) is 0 Å². The Morgan fingerprint density at radius 1 is 1.47 bits per heavy atom. The molecule has 0 saturated carbocycles. The van der Waals surface area contributed by atoms with Gasteiger partial charge in [0, 0.05) is 19.1 Å². The summed E-state index contributed by atoms with van der Waals surface area (Å²) in [4.78, 5) is 14.4. The molecule has 1 amide bonds. The smallest absolute Gasteiger partial charge is 0.253 e. The maximum Gasteiger partial charge on any atom is 0.253 e. The van der Waals surface area contributed by atoms with Crippen LogP contribution in [-0.4, -0.2) is 60.3 Å². The fourth-order valence-corrected chi connectivity index (χ4v) is 3.14. The highest BCUT2D eigenvalue weighted by molar-refractivity contribution is 5.85. The Balaban J connectivity index is 1.92. The van der Waals surface area contributed by atoms with Gasteiger partial charge in [0.1, 0.15) is 0 Å². The minimum atomic E-state index is -1.18. The standard InChI is InChI=1S/C14H27N3O2/c1-2-7-16-13(18)14(19)6-3-10-17(11-14)12-4-8-15-9-5-12/h12,15,19H,2-11H2,1H3,(H,16,18). The summed E-state index contributed by atoms with van der Waals surface area (Å²) in [6.07, 6.45) is 4.63. The van der Waals surface area contributed by atoms with E-state index in [0.29, 0.717) is 25.6 Å². The number of hydrogen-bond donors (Lipinski definition) is 3. The van der Waals surface area contributed by atoms with Gasteiger partial charge in [-0.2, -0.15) is 0 Å². The monoisotopic (exact) mass is 269 g/mol. The summed E-state index contributed by atoms with van der Waals surface area (Å²) in [5.74, 6) is -0.187. The number of aliphatic hydroxyl groups is 1. The number of amides is 1. The highest BCUT2D eigenvalue weighted by atomic mass is 16.3. The van der Waals surface area contributed by atoms with Crippen LogP contribution >= 0.6 is 0 Å². The van der Waals surface area contributed by atoms with Gasteiger partial charge in [-0.15, -0.1) is 0 Å². The number of hydrogen-bond acceptors (Lipinski definition) is 4. The lowest BCUT2D eigenvalue weighted by molar-refractivity contribution is -0.147. The molecular formula is C14H27N3O2. The van der Waals surface area contributed by atoms with E-state index in [1.54, 1.807) is 0 Å². The van der Waals surface area contributed by atoms with Gasteiger partial charge in [-0.1, -0.05) is 6.92 Å². The van der Waals surface area contributed by atoms with Crippen molar-refractivity contribution in [3.63, 3.8) is 0 Å². The first-order valence-electron chi connectivity index (χ1n) is 7.61. The molecule has 0 aliphatic carbocycles. The summed E-state index contributed by atoms with van der Waals surface area (Å²) < 4.78 is 0. The number of likely N-dealkylation sites (tertiary alicyclic amines) is 1. The Hall–Kier alpha value is -0.650. The molecule has 0 radical (unpaired) electrons. The number of carbonyl (C=O) groups excluding carboxylic acids is 1. The second kappa shape index (κ2) is 6.68. The molecule has 5 heteroatoms. The molecule has 19 heavy (non-hydrogen) atoms. The fourth-order valence-electron chi connectivity index (χ4n) is 3.14. The van der Waals surface area contributed by atoms with Crippen LogP contribution in [0.15, 0.2) is 0 Å². The molecule has 2 aliphatic heterocycles. The Morgan fingerprint density at radius 2 is 2.21 bits per heavy atom.